The van der Waals surface area contributed by atoms with E-state index >= 15 is 0 Å². The van der Waals surface area contributed by atoms with Crippen LogP contribution in [0, 0.1) is 0 Å². The molecule has 2 amide bonds. The van der Waals surface area contributed by atoms with E-state index in [4.69, 9.17) is 32.0 Å². The Balaban J connectivity index is 0.00000110. The van der Waals surface area contributed by atoms with E-state index in [0.717, 1.165) is 0 Å². The minimum Gasteiger partial charge on any atom is -0.478 e. The van der Waals surface area contributed by atoms with Gasteiger partial charge in [-0.05, 0) is 57.3 Å². The number of hydrogen-bond donors (Lipinski definition) is 7. The van der Waals surface area contributed by atoms with Crippen molar-refractivity contribution >= 4 is 41.2 Å². The lowest BCUT2D eigenvalue weighted by molar-refractivity contribution is 0.0562. The number of hydrazine groups is 2. The standard InChI is InChI=1S/C13H17N3O4S.CH4N2O2/c1-13(2,3)20-12(19)14-11(21)16-15-9-6-4-8(5-7-9)10(17)18;2-3-1(4)5/h4-7,15H,1-3H3,(H,17,18)(H2,14,16,19,21);3H,2H2,(H,4,5). The van der Waals surface area contributed by atoms with Gasteiger partial charge < -0.3 is 14.9 Å². The first-order valence-corrected chi connectivity index (χ1v) is 7.44. The first kappa shape index (κ1) is 22.9. The summed E-state index contributed by atoms with van der Waals surface area (Å²) in [6, 6.07) is 6.01. The number of aromatic carboxylic acids is 1. The number of hydrogen-bond acceptors (Lipinski definition) is 7. The van der Waals surface area contributed by atoms with E-state index < -0.39 is 23.8 Å². The van der Waals surface area contributed by atoms with Crippen LogP contribution in [-0.4, -0.2) is 39.1 Å². The summed E-state index contributed by atoms with van der Waals surface area (Å²) in [6.45, 7) is 5.22. The molecule has 26 heavy (non-hydrogen) atoms. The van der Waals surface area contributed by atoms with Crippen LogP contribution >= 0.6 is 12.2 Å². The first-order valence-electron chi connectivity index (χ1n) is 7.03. The number of carbonyl (C=O) groups excluding carboxylic acids is 1. The van der Waals surface area contributed by atoms with Gasteiger partial charge in [-0.25, -0.2) is 20.2 Å². The van der Waals surface area contributed by atoms with Gasteiger partial charge >= 0.3 is 18.2 Å². The Labute approximate surface area is 154 Å². The van der Waals surface area contributed by atoms with Crippen molar-refractivity contribution in [1.29, 1.82) is 0 Å². The Kier molecular flexibility index (Phi) is 9.40. The van der Waals surface area contributed by atoms with E-state index in [9.17, 15) is 9.59 Å². The molecule has 0 unspecified atom stereocenters. The average molecular weight is 387 g/mol. The molecular weight excluding hydrogens is 366 g/mol. The molecule has 0 saturated heterocycles. The van der Waals surface area contributed by atoms with Crippen LogP contribution in [0.1, 0.15) is 31.1 Å². The Hall–Kier alpha value is -3.12. The first-order chi connectivity index (χ1) is 11.9. The van der Waals surface area contributed by atoms with Gasteiger partial charge in [0.1, 0.15) is 5.60 Å². The van der Waals surface area contributed by atoms with Crippen LogP contribution in [0.4, 0.5) is 15.3 Å². The van der Waals surface area contributed by atoms with Gasteiger partial charge in [-0.1, -0.05) is 0 Å². The second-order valence-corrected chi connectivity index (χ2v) is 5.95. The molecule has 11 nitrogen and oxygen atoms in total. The number of ether oxygens (including phenoxy) is 1. The summed E-state index contributed by atoms with van der Waals surface area (Å²) in [5.74, 6) is 3.32. The largest absolute Gasteiger partial charge is 0.478 e. The van der Waals surface area contributed by atoms with Crippen LogP contribution < -0.4 is 27.4 Å². The zero-order chi connectivity index (χ0) is 20.3. The number of nitrogens with one attached hydrogen (secondary N) is 4. The maximum atomic E-state index is 11.4. The molecule has 0 spiro atoms. The minimum absolute atomic E-state index is 0.0339. The maximum Gasteiger partial charge on any atom is 0.418 e. The number of benzene rings is 1. The smallest absolute Gasteiger partial charge is 0.418 e. The van der Waals surface area contributed by atoms with Gasteiger partial charge in [0.05, 0.1) is 11.3 Å². The Bertz CT molecular complexity index is 644. The fraction of sp³-hybridized carbons (Fsp3) is 0.286. The number of carboxylic acid groups (broad SMARTS) is 2. The van der Waals surface area contributed by atoms with Gasteiger partial charge in [0.2, 0.25) is 0 Å². The Morgan fingerprint density at radius 1 is 1.12 bits per heavy atom. The van der Waals surface area contributed by atoms with Crippen LogP contribution in [0.25, 0.3) is 0 Å². The number of amides is 2. The van der Waals surface area contributed by atoms with Gasteiger partial charge in [0, 0.05) is 0 Å². The van der Waals surface area contributed by atoms with E-state index in [2.05, 4.69) is 22.0 Å². The number of anilines is 1. The summed E-state index contributed by atoms with van der Waals surface area (Å²) < 4.78 is 5.03. The van der Waals surface area contributed by atoms with Gasteiger partial charge in [0.25, 0.3) is 0 Å². The number of carbonyl (C=O) groups is 3. The molecule has 1 aromatic carbocycles. The number of nitrogens with two attached hydrogens (primary N) is 1. The van der Waals surface area contributed by atoms with Crippen molar-refractivity contribution in [2.75, 3.05) is 5.43 Å². The van der Waals surface area contributed by atoms with Crippen molar-refractivity contribution in [3.8, 4) is 0 Å². The van der Waals surface area contributed by atoms with Crippen molar-refractivity contribution in [3.05, 3.63) is 29.8 Å². The van der Waals surface area contributed by atoms with Crippen LogP contribution in [0.5, 0.6) is 0 Å². The third kappa shape index (κ3) is 11.4. The molecule has 1 aromatic rings. The molecule has 0 radical (unpaired) electrons. The molecule has 1 rings (SSSR count). The summed E-state index contributed by atoms with van der Waals surface area (Å²) in [4.78, 5) is 31.3. The highest BCUT2D eigenvalue weighted by atomic mass is 32.1. The highest BCUT2D eigenvalue weighted by molar-refractivity contribution is 7.80. The minimum atomic E-state index is -1.22. The fourth-order valence-electron chi connectivity index (χ4n) is 1.25. The molecule has 0 aliphatic rings. The van der Waals surface area contributed by atoms with Crippen LogP contribution in [-0.2, 0) is 4.74 Å². The summed E-state index contributed by atoms with van der Waals surface area (Å²) in [5, 5.41) is 18.6. The molecule has 8 N–H and O–H groups in total. The molecule has 0 aliphatic heterocycles. The monoisotopic (exact) mass is 387 g/mol. The average Bonchev–Trinajstić information content (AvgIpc) is 2.52. The molecule has 0 fully saturated rings. The lowest BCUT2D eigenvalue weighted by atomic mass is 10.2. The molecule has 144 valence electrons. The van der Waals surface area contributed by atoms with E-state index in [1.165, 1.54) is 17.6 Å². The lowest BCUT2D eigenvalue weighted by Gasteiger charge is -2.20. The lowest BCUT2D eigenvalue weighted by Crippen LogP contribution is -2.44. The molecule has 12 heteroatoms. The van der Waals surface area contributed by atoms with Crippen molar-refractivity contribution in [2.45, 2.75) is 26.4 Å². The van der Waals surface area contributed by atoms with Crippen LogP contribution in [0.2, 0.25) is 0 Å². The van der Waals surface area contributed by atoms with Gasteiger partial charge in [0.15, 0.2) is 5.11 Å². The van der Waals surface area contributed by atoms with Crippen molar-refractivity contribution in [1.82, 2.24) is 16.2 Å². The second kappa shape index (κ2) is 10.7. The van der Waals surface area contributed by atoms with E-state index in [1.54, 1.807) is 32.9 Å². The van der Waals surface area contributed by atoms with Crippen molar-refractivity contribution < 1.29 is 29.3 Å². The van der Waals surface area contributed by atoms with Crippen molar-refractivity contribution in [2.24, 2.45) is 5.84 Å². The predicted octanol–water partition coefficient (Wildman–Crippen LogP) is 1.24. The summed E-state index contributed by atoms with van der Waals surface area (Å²) in [7, 11) is 0. The zero-order valence-corrected chi connectivity index (χ0v) is 15.1. The van der Waals surface area contributed by atoms with Gasteiger partial charge in [-0.2, -0.15) is 0 Å². The van der Waals surface area contributed by atoms with Crippen LogP contribution in [0.15, 0.2) is 24.3 Å². The highest BCUT2D eigenvalue weighted by Gasteiger charge is 2.16. The fourth-order valence-corrected chi connectivity index (χ4v) is 1.39. The molecule has 0 bridgehead atoms. The van der Waals surface area contributed by atoms with E-state index in [1.807, 2.05) is 0 Å². The van der Waals surface area contributed by atoms with Crippen LogP contribution in [0.3, 0.4) is 0 Å². The summed E-state index contributed by atoms with van der Waals surface area (Å²) in [6.07, 6.45) is -1.88. The Morgan fingerprint density at radius 2 is 1.62 bits per heavy atom. The number of rotatable bonds is 3. The normalized spacial score (nSPS) is 9.69. The predicted molar refractivity (Wildman–Crippen MR) is 97.5 cm³/mol. The molecule has 0 aromatic heterocycles. The zero-order valence-electron chi connectivity index (χ0n) is 14.3. The van der Waals surface area contributed by atoms with Gasteiger partial charge in [-0.3, -0.25) is 21.6 Å². The van der Waals surface area contributed by atoms with E-state index in [0.29, 0.717) is 5.69 Å². The number of thiocarbonyl (C=S) groups is 1. The van der Waals surface area contributed by atoms with Crippen molar-refractivity contribution in [3.63, 3.8) is 0 Å². The quantitative estimate of drug-likeness (QED) is 0.173. The Morgan fingerprint density at radius 3 is 2.00 bits per heavy atom. The highest BCUT2D eigenvalue weighted by Crippen LogP contribution is 2.08. The molecule has 0 aliphatic carbocycles. The number of alkyl carbamates (subject to hydrolysis) is 1. The maximum absolute atomic E-state index is 11.4. The molecule has 0 saturated carbocycles. The third-order valence-electron chi connectivity index (χ3n) is 2.19. The van der Waals surface area contributed by atoms with E-state index in [-0.39, 0.29) is 10.7 Å². The second-order valence-electron chi connectivity index (χ2n) is 5.54. The molecule has 0 atom stereocenters. The number of carboxylic acids is 1. The topological polar surface area (TPSA) is 175 Å². The summed E-state index contributed by atoms with van der Waals surface area (Å²) in [5.41, 5.74) is 6.91. The SMILES string of the molecule is CC(C)(C)OC(=O)NC(=S)NNc1ccc(C(=O)O)cc1.NNC(=O)O. The third-order valence-corrected chi connectivity index (χ3v) is 2.39. The molecule has 0 heterocycles. The van der Waals surface area contributed by atoms with Gasteiger partial charge in [-0.15, -0.1) is 0 Å². The summed E-state index contributed by atoms with van der Waals surface area (Å²) >= 11 is 4.91. The molecular formula is C14H21N5O6S.